The highest BCUT2D eigenvalue weighted by molar-refractivity contribution is 7.16. The number of halogens is 1. The minimum absolute atomic E-state index is 0.268. The number of amides is 1. The minimum atomic E-state index is -0.268. The quantitative estimate of drug-likeness (QED) is 0.819. The van der Waals surface area contributed by atoms with Gasteiger partial charge in [-0.15, -0.1) is 11.3 Å². The zero-order valence-corrected chi connectivity index (χ0v) is 14.7. The fourth-order valence-corrected chi connectivity index (χ4v) is 4.00. The van der Waals surface area contributed by atoms with Crippen LogP contribution in [0.4, 0.5) is 5.00 Å². The number of nitriles is 1. The fourth-order valence-electron chi connectivity index (χ4n) is 2.65. The monoisotopic (exact) mass is 357 g/mol. The Morgan fingerprint density at radius 2 is 2.33 bits per heavy atom. The molecule has 2 N–H and O–H groups in total. The molecule has 0 bridgehead atoms. The number of aryl methyl sites for hydroxylation is 1. The third-order valence-corrected chi connectivity index (χ3v) is 5.33. The molecular weight excluding hydrogens is 342 g/mol. The van der Waals surface area contributed by atoms with Crippen molar-refractivity contribution in [2.75, 3.05) is 11.9 Å². The van der Waals surface area contributed by atoms with E-state index in [1.54, 1.807) is 6.08 Å². The molecule has 0 spiro atoms. The van der Waals surface area contributed by atoms with Crippen molar-refractivity contribution in [1.82, 2.24) is 5.32 Å². The number of benzene rings is 1. The van der Waals surface area contributed by atoms with Crippen LogP contribution in [0.2, 0.25) is 5.02 Å². The summed E-state index contributed by atoms with van der Waals surface area (Å²) in [5.74, 6) is -0.268. The molecule has 1 aromatic heterocycles. The van der Waals surface area contributed by atoms with Crippen molar-refractivity contribution < 1.29 is 4.79 Å². The maximum atomic E-state index is 12.2. The van der Waals surface area contributed by atoms with E-state index in [-0.39, 0.29) is 5.91 Å². The zero-order valence-electron chi connectivity index (χ0n) is 13.1. The summed E-state index contributed by atoms with van der Waals surface area (Å²) >= 11 is 7.59. The van der Waals surface area contributed by atoms with Gasteiger partial charge in [-0.25, -0.2) is 0 Å². The average Bonchev–Trinajstić information content (AvgIpc) is 2.92. The van der Waals surface area contributed by atoms with E-state index in [0.717, 1.165) is 41.1 Å². The van der Waals surface area contributed by atoms with Crippen LogP contribution < -0.4 is 10.6 Å². The molecule has 0 aliphatic carbocycles. The molecule has 24 heavy (non-hydrogen) atoms. The summed E-state index contributed by atoms with van der Waals surface area (Å²) in [5, 5.41) is 16.7. The Morgan fingerprint density at radius 1 is 1.50 bits per heavy atom. The number of hydrogen-bond donors (Lipinski definition) is 2. The first-order valence-electron chi connectivity index (χ1n) is 7.59. The number of nitrogens with zero attached hydrogens (tertiary/aromatic N) is 1. The molecule has 4 nitrogen and oxygen atoms in total. The van der Waals surface area contributed by atoms with Crippen LogP contribution in [0.3, 0.4) is 0 Å². The number of fused-ring (bicyclic) bond motifs is 1. The van der Waals surface area contributed by atoms with Gasteiger partial charge in [0.2, 0.25) is 5.91 Å². The largest absolute Gasteiger partial charge is 0.313 e. The molecule has 6 heteroatoms. The number of anilines is 1. The van der Waals surface area contributed by atoms with Crippen molar-refractivity contribution in [3.8, 4) is 6.07 Å². The Kier molecular flexibility index (Phi) is 5.00. The predicted octanol–water partition coefficient (Wildman–Crippen LogP) is 3.88. The van der Waals surface area contributed by atoms with Crippen molar-refractivity contribution in [3.05, 3.63) is 56.4 Å². The van der Waals surface area contributed by atoms with Gasteiger partial charge in [0.1, 0.15) is 11.1 Å². The molecule has 3 rings (SSSR count). The molecule has 0 radical (unpaired) electrons. The lowest BCUT2D eigenvalue weighted by molar-refractivity contribution is -0.111. The summed E-state index contributed by atoms with van der Waals surface area (Å²) < 4.78 is 0. The fraction of sp³-hybridized carbons (Fsp3) is 0.222. The first-order chi connectivity index (χ1) is 11.6. The van der Waals surface area contributed by atoms with Crippen molar-refractivity contribution in [1.29, 1.82) is 5.26 Å². The smallest absolute Gasteiger partial charge is 0.249 e. The Labute approximate surface area is 149 Å². The van der Waals surface area contributed by atoms with E-state index in [0.29, 0.717) is 15.6 Å². The van der Waals surface area contributed by atoms with Crippen LogP contribution in [-0.2, 0) is 17.8 Å². The number of thiophene rings is 1. The lowest BCUT2D eigenvalue weighted by atomic mass is 10.1. The SMILES string of the molecule is Cc1ccc(Cl)c(/C=C\C(=O)Nc2sc3c(c2C#N)CCNC3)c1. The van der Waals surface area contributed by atoms with Gasteiger partial charge in [-0.2, -0.15) is 5.26 Å². The second-order valence-electron chi connectivity index (χ2n) is 5.59. The third kappa shape index (κ3) is 3.51. The summed E-state index contributed by atoms with van der Waals surface area (Å²) in [5.41, 5.74) is 3.51. The van der Waals surface area contributed by atoms with Gasteiger partial charge in [-0.05, 0) is 43.2 Å². The van der Waals surface area contributed by atoms with E-state index in [2.05, 4.69) is 16.7 Å². The topological polar surface area (TPSA) is 64.9 Å². The van der Waals surface area contributed by atoms with E-state index >= 15 is 0 Å². The number of hydrogen-bond acceptors (Lipinski definition) is 4. The van der Waals surface area contributed by atoms with Crippen LogP contribution in [-0.4, -0.2) is 12.5 Å². The molecule has 122 valence electrons. The zero-order chi connectivity index (χ0) is 17.1. The second-order valence-corrected chi connectivity index (χ2v) is 7.11. The van der Waals surface area contributed by atoms with Crippen molar-refractivity contribution >= 4 is 39.9 Å². The summed E-state index contributed by atoms with van der Waals surface area (Å²) in [6.45, 7) is 3.58. The minimum Gasteiger partial charge on any atom is -0.313 e. The van der Waals surface area contributed by atoms with Crippen molar-refractivity contribution in [3.63, 3.8) is 0 Å². The van der Waals surface area contributed by atoms with E-state index < -0.39 is 0 Å². The van der Waals surface area contributed by atoms with E-state index in [1.807, 2.05) is 25.1 Å². The predicted molar refractivity (Wildman–Crippen MR) is 98.3 cm³/mol. The van der Waals surface area contributed by atoms with Crippen molar-refractivity contribution in [2.45, 2.75) is 19.9 Å². The van der Waals surface area contributed by atoms with Gasteiger partial charge in [0.25, 0.3) is 0 Å². The van der Waals surface area contributed by atoms with Crippen LogP contribution in [0.1, 0.15) is 27.1 Å². The molecule has 2 heterocycles. The molecule has 1 amide bonds. The van der Waals surface area contributed by atoms with E-state index in [9.17, 15) is 10.1 Å². The molecular formula is C18H16ClN3OS. The van der Waals surface area contributed by atoms with Gasteiger partial charge in [-0.3, -0.25) is 4.79 Å². The first-order valence-corrected chi connectivity index (χ1v) is 8.78. The highest BCUT2D eigenvalue weighted by atomic mass is 35.5. The Hall–Kier alpha value is -2.13. The lowest BCUT2D eigenvalue weighted by Crippen LogP contribution is -2.22. The van der Waals surface area contributed by atoms with Gasteiger partial charge >= 0.3 is 0 Å². The molecule has 0 saturated carbocycles. The van der Waals surface area contributed by atoms with E-state index in [4.69, 9.17) is 11.6 Å². The Balaban J connectivity index is 1.78. The molecule has 0 fully saturated rings. The molecule has 0 saturated heterocycles. The number of carbonyl (C=O) groups excluding carboxylic acids is 1. The van der Waals surface area contributed by atoms with Crippen LogP contribution in [0.15, 0.2) is 24.3 Å². The van der Waals surface area contributed by atoms with Crippen LogP contribution >= 0.6 is 22.9 Å². The average molecular weight is 358 g/mol. The van der Waals surface area contributed by atoms with Crippen LogP contribution in [0.5, 0.6) is 0 Å². The molecule has 1 aliphatic rings. The maximum Gasteiger partial charge on any atom is 0.249 e. The standard InChI is InChI=1S/C18H16ClN3OS/c1-11-2-4-15(19)12(8-11)3-5-17(23)22-18-14(9-20)13-6-7-21-10-16(13)24-18/h2-5,8,21H,6-7,10H2,1H3,(H,22,23)/b5-3-. The summed E-state index contributed by atoms with van der Waals surface area (Å²) in [7, 11) is 0. The molecule has 0 unspecified atom stereocenters. The van der Waals surface area contributed by atoms with Crippen molar-refractivity contribution in [2.24, 2.45) is 0 Å². The molecule has 0 atom stereocenters. The summed E-state index contributed by atoms with van der Waals surface area (Å²) in [6.07, 6.45) is 3.95. The molecule has 1 aromatic carbocycles. The Morgan fingerprint density at radius 3 is 3.12 bits per heavy atom. The second kappa shape index (κ2) is 7.18. The van der Waals surface area contributed by atoms with E-state index in [1.165, 1.54) is 17.4 Å². The number of nitrogens with one attached hydrogen (secondary N) is 2. The Bertz CT molecular complexity index is 864. The van der Waals surface area contributed by atoms with Gasteiger partial charge in [0.15, 0.2) is 0 Å². The first kappa shape index (κ1) is 16.7. The van der Waals surface area contributed by atoms with Gasteiger partial charge in [0, 0.05) is 22.5 Å². The summed E-state index contributed by atoms with van der Waals surface area (Å²) in [4.78, 5) is 13.3. The maximum absolute atomic E-state index is 12.2. The molecule has 2 aromatic rings. The third-order valence-electron chi connectivity index (χ3n) is 3.84. The lowest BCUT2D eigenvalue weighted by Gasteiger charge is -2.11. The van der Waals surface area contributed by atoms with Gasteiger partial charge < -0.3 is 10.6 Å². The van der Waals surface area contributed by atoms with Crippen LogP contribution in [0.25, 0.3) is 6.08 Å². The number of carbonyl (C=O) groups is 1. The highest BCUT2D eigenvalue weighted by Crippen LogP contribution is 2.34. The summed E-state index contributed by atoms with van der Waals surface area (Å²) in [6, 6.07) is 7.87. The van der Waals surface area contributed by atoms with Gasteiger partial charge in [0.05, 0.1) is 5.56 Å². The number of rotatable bonds is 3. The normalized spacial score (nSPS) is 13.5. The highest BCUT2D eigenvalue weighted by Gasteiger charge is 2.21. The molecule has 1 aliphatic heterocycles. The van der Waals surface area contributed by atoms with Crippen LogP contribution in [0, 0.1) is 18.3 Å². The van der Waals surface area contributed by atoms with Gasteiger partial charge in [-0.1, -0.05) is 29.3 Å².